The highest BCUT2D eigenvalue weighted by Crippen LogP contribution is 2.22. The molecule has 0 aliphatic carbocycles. The highest BCUT2D eigenvalue weighted by Gasteiger charge is 2.28. The molecule has 146 valence electrons. The lowest BCUT2D eigenvalue weighted by molar-refractivity contribution is -0.153. The standard InChI is InChI=1S/C19H21F3N2O3/c1-13-5-3-6-14(2)17(13)26-10-9-23-18(25)24-15-7-4-8-16(11-15)27-12-19(20,21)22/h3-8,11H,9-10,12H2,1-2H3,(H2,23,24,25). The van der Waals surface area contributed by atoms with E-state index in [0.717, 1.165) is 16.9 Å². The van der Waals surface area contributed by atoms with Crippen LogP contribution in [0.3, 0.4) is 0 Å². The third-order valence-corrected chi connectivity index (χ3v) is 3.54. The van der Waals surface area contributed by atoms with Gasteiger partial charge >= 0.3 is 12.2 Å². The number of nitrogens with one attached hydrogen (secondary N) is 2. The lowest BCUT2D eigenvalue weighted by Gasteiger charge is -2.13. The van der Waals surface area contributed by atoms with E-state index in [-0.39, 0.29) is 18.9 Å². The molecule has 0 spiro atoms. The summed E-state index contributed by atoms with van der Waals surface area (Å²) < 4.78 is 46.9. The Kier molecular flexibility index (Phi) is 6.92. The minimum atomic E-state index is -4.42. The number of halogens is 3. The molecule has 0 heterocycles. The quantitative estimate of drug-likeness (QED) is 0.696. The number of hydrogen-bond acceptors (Lipinski definition) is 3. The van der Waals surface area contributed by atoms with E-state index in [9.17, 15) is 18.0 Å². The van der Waals surface area contributed by atoms with E-state index in [0.29, 0.717) is 5.69 Å². The zero-order chi connectivity index (χ0) is 19.9. The number of carbonyl (C=O) groups excluding carboxylic acids is 1. The molecule has 2 aromatic rings. The first-order valence-electron chi connectivity index (χ1n) is 8.28. The van der Waals surface area contributed by atoms with Gasteiger partial charge in [0.05, 0.1) is 6.54 Å². The predicted octanol–water partition coefficient (Wildman–Crippen LogP) is 4.45. The van der Waals surface area contributed by atoms with Gasteiger partial charge in [0.2, 0.25) is 0 Å². The van der Waals surface area contributed by atoms with Crippen LogP contribution in [0.15, 0.2) is 42.5 Å². The van der Waals surface area contributed by atoms with Gasteiger partial charge in [-0.1, -0.05) is 24.3 Å². The normalized spacial score (nSPS) is 11.0. The van der Waals surface area contributed by atoms with Crippen molar-refractivity contribution in [3.63, 3.8) is 0 Å². The molecule has 27 heavy (non-hydrogen) atoms. The molecule has 0 radical (unpaired) electrons. The average molecular weight is 382 g/mol. The highest BCUT2D eigenvalue weighted by atomic mass is 19.4. The van der Waals surface area contributed by atoms with Crippen molar-refractivity contribution in [1.29, 1.82) is 0 Å². The number of carbonyl (C=O) groups is 1. The van der Waals surface area contributed by atoms with Crippen molar-refractivity contribution in [2.24, 2.45) is 0 Å². The molecular weight excluding hydrogens is 361 g/mol. The molecule has 0 bridgehead atoms. The predicted molar refractivity (Wildman–Crippen MR) is 96.4 cm³/mol. The summed E-state index contributed by atoms with van der Waals surface area (Å²) in [7, 11) is 0. The van der Waals surface area contributed by atoms with Gasteiger partial charge in [0.15, 0.2) is 6.61 Å². The number of urea groups is 1. The zero-order valence-corrected chi connectivity index (χ0v) is 15.0. The Labute approximate surface area is 155 Å². The summed E-state index contributed by atoms with van der Waals surface area (Å²) in [5.74, 6) is 0.803. The highest BCUT2D eigenvalue weighted by molar-refractivity contribution is 5.89. The maximum Gasteiger partial charge on any atom is 0.422 e. The Morgan fingerprint density at radius 1 is 1.04 bits per heavy atom. The molecule has 0 aromatic heterocycles. The van der Waals surface area contributed by atoms with Crippen LogP contribution in [0.1, 0.15) is 11.1 Å². The van der Waals surface area contributed by atoms with E-state index in [2.05, 4.69) is 15.4 Å². The zero-order valence-electron chi connectivity index (χ0n) is 15.0. The first-order chi connectivity index (χ1) is 12.7. The third-order valence-electron chi connectivity index (χ3n) is 3.54. The SMILES string of the molecule is Cc1cccc(C)c1OCCNC(=O)Nc1cccc(OCC(F)(F)F)c1. The van der Waals surface area contributed by atoms with Crippen LogP contribution in [-0.2, 0) is 0 Å². The largest absolute Gasteiger partial charge is 0.491 e. The second-order valence-electron chi connectivity index (χ2n) is 5.88. The second kappa shape index (κ2) is 9.16. The summed E-state index contributed by atoms with van der Waals surface area (Å²) in [6, 6.07) is 11.1. The van der Waals surface area contributed by atoms with Gasteiger partial charge in [-0.05, 0) is 37.1 Å². The monoisotopic (exact) mass is 382 g/mol. The molecule has 0 saturated carbocycles. The average Bonchev–Trinajstić information content (AvgIpc) is 2.59. The van der Waals surface area contributed by atoms with Crippen molar-refractivity contribution >= 4 is 11.7 Å². The molecule has 2 rings (SSSR count). The maximum absolute atomic E-state index is 12.2. The smallest absolute Gasteiger partial charge is 0.422 e. The van der Waals surface area contributed by atoms with Crippen molar-refractivity contribution < 1.29 is 27.4 Å². The lowest BCUT2D eigenvalue weighted by Crippen LogP contribution is -2.32. The van der Waals surface area contributed by atoms with Gasteiger partial charge in [0, 0.05) is 11.8 Å². The fourth-order valence-corrected chi connectivity index (χ4v) is 2.35. The van der Waals surface area contributed by atoms with Crippen LogP contribution in [-0.4, -0.2) is 32.0 Å². The molecule has 8 heteroatoms. The van der Waals surface area contributed by atoms with Gasteiger partial charge in [0.1, 0.15) is 18.1 Å². The molecule has 0 unspecified atom stereocenters. The molecule has 5 nitrogen and oxygen atoms in total. The number of amides is 2. The number of benzene rings is 2. The summed E-state index contributed by atoms with van der Waals surface area (Å²) in [5.41, 5.74) is 2.34. The number of ether oxygens (including phenoxy) is 2. The van der Waals surface area contributed by atoms with Gasteiger partial charge in [-0.3, -0.25) is 0 Å². The van der Waals surface area contributed by atoms with Gasteiger partial charge in [-0.25, -0.2) is 4.79 Å². The first kappa shape index (κ1) is 20.4. The van der Waals surface area contributed by atoms with Crippen molar-refractivity contribution in [2.45, 2.75) is 20.0 Å². The lowest BCUT2D eigenvalue weighted by atomic mass is 10.1. The van der Waals surface area contributed by atoms with Gasteiger partial charge in [-0.2, -0.15) is 13.2 Å². The Morgan fingerprint density at radius 3 is 2.37 bits per heavy atom. The maximum atomic E-state index is 12.2. The van der Waals surface area contributed by atoms with E-state index < -0.39 is 18.8 Å². The number of alkyl halides is 3. The van der Waals surface area contributed by atoms with E-state index in [4.69, 9.17) is 4.74 Å². The topological polar surface area (TPSA) is 59.6 Å². The Morgan fingerprint density at radius 2 is 1.70 bits per heavy atom. The molecule has 2 amide bonds. The molecular formula is C19H21F3N2O3. The Balaban J connectivity index is 1.77. The minimum absolute atomic E-state index is 0.0171. The van der Waals surface area contributed by atoms with E-state index >= 15 is 0 Å². The van der Waals surface area contributed by atoms with E-state index in [1.807, 2.05) is 32.0 Å². The summed E-state index contributed by atoms with van der Waals surface area (Å²) in [4.78, 5) is 11.9. The molecule has 0 saturated heterocycles. The van der Waals surface area contributed by atoms with E-state index in [1.54, 1.807) is 6.07 Å². The minimum Gasteiger partial charge on any atom is -0.491 e. The van der Waals surface area contributed by atoms with Crippen molar-refractivity contribution in [2.75, 3.05) is 25.1 Å². The van der Waals surface area contributed by atoms with Crippen LogP contribution in [0, 0.1) is 13.8 Å². The first-order valence-corrected chi connectivity index (χ1v) is 8.28. The van der Waals surface area contributed by atoms with Gasteiger partial charge in [0.25, 0.3) is 0 Å². The van der Waals surface area contributed by atoms with Crippen LogP contribution >= 0.6 is 0 Å². The van der Waals surface area contributed by atoms with Crippen LogP contribution in [0.25, 0.3) is 0 Å². The number of rotatable bonds is 7. The van der Waals surface area contributed by atoms with Crippen LogP contribution in [0.4, 0.5) is 23.7 Å². The molecule has 0 atom stereocenters. The molecule has 2 N–H and O–H groups in total. The Bertz CT molecular complexity index is 759. The summed E-state index contributed by atoms with van der Waals surface area (Å²) >= 11 is 0. The van der Waals surface area contributed by atoms with Crippen LogP contribution in [0.5, 0.6) is 11.5 Å². The van der Waals surface area contributed by atoms with Gasteiger partial charge in [-0.15, -0.1) is 0 Å². The fourth-order valence-electron chi connectivity index (χ4n) is 2.35. The summed E-state index contributed by atoms with van der Waals surface area (Å²) in [6.07, 6.45) is -4.42. The Hall–Kier alpha value is -2.90. The number of aryl methyl sites for hydroxylation is 2. The third kappa shape index (κ3) is 7.08. The summed E-state index contributed by atoms with van der Waals surface area (Å²) in [6.45, 7) is 3.04. The molecule has 0 aliphatic rings. The number of para-hydroxylation sites is 1. The van der Waals surface area contributed by atoms with Crippen molar-refractivity contribution in [3.05, 3.63) is 53.6 Å². The van der Waals surface area contributed by atoms with E-state index in [1.165, 1.54) is 18.2 Å². The fraction of sp³-hybridized carbons (Fsp3) is 0.316. The molecule has 0 fully saturated rings. The molecule has 2 aromatic carbocycles. The van der Waals surface area contributed by atoms with Gasteiger partial charge < -0.3 is 20.1 Å². The number of anilines is 1. The van der Waals surface area contributed by atoms with Crippen molar-refractivity contribution in [1.82, 2.24) is 5.32 Å². The van der Waals surface area contributed by atoms with Crippen molar-refractivity contribution in [3.8, 4) is 11.5 Å². The van der Waals surface area contributed by atoms with Crippen LogP contribution < -0.4 is 20.1 Å². The number of hydrogen-bond donors (Lipinski definition) is 2. The molecule has 0 aliphatic heterocycles. The van der Waals surface area contributed by atoms with Crippen LogP contribution in [0.2, 0.25) is 0 Å². The summed E-state index contributed by atoms with van der Waals surface area (Å²) in [5, 5.41) is 5.15. The second-order valence-corrected chi connectivity index (χ2v) is 5.88.